The Kier molecular flexibility index (Phi) is 6.61. The molecule has 29 heavy (non-hydrogen) atoms. The summed E-state index contributed by atoms with van der Waals surface area (Å²) in [5.41, 5.74) is 5.45. The van der Waals surface area contributed by atoms with Gasteiger partial charge in [0.05, 0.1) is 19.9 Å². The van der Waals surface area contributed by atoms with Crippen molar-refractivity contribution in [1.29, 1.82) is 0 Å². The van der Waals surface area contributed by atoms with Crippen molar-refractivity contribution >= 4 is 29.1 Å². The van der Waals surface area contributed by atoms with Crippen molar-refractivity contribution in [2.45, 2.75) is 13.0 Å². The van der Waals surface area contributed by atoms with Gasteiger partial charge in [0.15, 0.2) is 0 Å². The predicted octanol–water partition coefficient (Wildman–Crippen LogP) is 2.75. The van der Waals surface area contributed by atoms with E-state index in [9.17, 15) is 9.59 Å². The quantitative estimate of drug-likeness (QED) is 0.726. The summed E-state index contributed by atoms with van der Waals surface area (Å²) in [5.74, 6) is 0.812. The molecule has 0 spiro atoms. The third-order valence-electron chi connectivity index (χ3n) is 4.46. The van der Waals surface area contributed by atoms with Crippen LogP contribution in [0, 0.1) is 0 Å². The van der Waals surface area contributed by atoms with E-state index in [-0.39, 0.29) is 31.3 Å². The molecule has 0 bridgehead atoms. The fourth-order valence-electron chi connectivity index (χ4n) is 2.88. The minimum atomic E-state index is -0.291. The molecule has 1 heterocycles. The Labute approximate surface area is 174 Å². The number of carbonyl (C=O) groups excluding carboxylic acids is 2. The fourth-order valence-corrected chi connectivity index (χ4v) is 3.01. The van der Waals surface area contributed by atoms with Gasteiger partial charge >= 0.3 is 0 Å². The molecule has 0 saturated heterocycles. The van der Waals surface area contributed by atoms with E-state index >= 15 is 0 Å². The molecular weight excluding hydrogens is 394 g/mol. The number of hydrogen-bond donors (Lipinski definition) is 2. The Bertz CT molecular complexity index is 928. The summed E-state index contributed by atoms with van der Waals surface area (Å²) >= 11 is 5.92. The molecule has 1 aliphatic rings. The number of carbonyl (C=O) groups is 2. The maximum atomic E-state index is 12.4. The molecule has 0 unspecified atom stereocenters. The summed E-state index contributed by atoms with van der Waals surface area (Å²) in [7, 11) is 3.13. The van der Waals surface area contributed by atoms with Crippen LogP contribution in [0.1, 0.15) is 17.5 Å². The number of ether oxygens (including phenoxy) is 2. The van der Waals surface area contributed by atoms with Gasteiger partial charge in [-0.2, -0.15) is 0 Å². The van der Waals surface area contributed by atoms with Gasteiger partial charge < -0.3 is 14.8 Å². The van der Waals surface area contributed by atoms with Gasteiger partial charge in [-0.3, -0.25) is 15.0 Å². The van der Waals surface area contributed by atoms with E-state index in [0.29, 0.717) is 16.5 Å². The van der Waals surface area contributed by atoms with Crippen molar-refractivity contribution in [2.75, 3.05) is 20.8 Å². The van der Waals surface area contributed by atoms with E-state index in [2.05, 4.69) is 10.7 Å². The van der Waals surface area contributed by atoms with E-state index in [1.807, 2.05) is 18.2 Å². The van der Waals surface area contributed by atoms with Gasteiger partial charge in [0.1, 0.15) is 18.0 Å². The molecule has 0 fully saturated rings. The minimum absolute atomic E-state index is 0.109. The summed E-state index contributed by atoms with van der Waals surface area (Å²) < 4.78 is 10.5. The number of methoxy groups -OCH3 is 2. The Morgan fingerprint density at radius 3 is 2.62 bits per heavy atom. The highest BCUT2D eigenvalue weighted by Gasteiger charge is 2.22. The SMILES string of the molecule is COc1ccc(CNC(=O)CN2NC(c3ccc(Cl)cc3)=CCC2=O)c(OC)c1. The first kappa shape index (κ1) is 20.5. The van der Waals surface area contributed by atoms with Crippen LogP contribution in [-0.2, 0) is 16.1 Å². The van der Waals surface area contributed by atoms with Gasteiger partial charge in [-0.25, -0.2) is 5.01 Å². The molecular formula is C21H22ClN3O4. The van der Waals surface area contributed by atoms with Gasteiger partial charge in [-0.15, -0.1) is 0 Å². The topological polar surface area (TPSA) is 79.9 Å². The third-order valence-corrected chi connectivity index (χ3v) is 4.72. The summed E-state index contributed by atoms with van der Waals surface area (Å²) in [5, 5.41) is 4.75. The van der Waals surface area contributed by atoms with Crippen LogP contribution in [0.2, 0.25) is 5.02 Å². The zero-order chi connectivity index (χ0) is 20.8. The second-order valence-electron chi connectivity index (χ2n) is 6.38. The molecule has 2 aromatic rings. The summed E-state index contributed by atoms with van der Waals surface area (Å²) in [6.45, 7) is 0.163. The van der Waals surface area contributed by atoms with Crippen LogP contribution in [0.3, 0.4) is 0 Å². The molecule has 8 heteroatoms. The van der Waals surface area contributed by atoms with Crippen molar-refractivity contribution in [3.63, 3.8) is 0 Å². The van der Waals surface area contributed by atoms with E-state index < -0.39 is 0 Å². The highest BCUT2D eigenvalue weighted by atomic mass is 35.5. The summed E-state index contributed by atoms with van der Waals surface area (Å²) in [6, 6.07) is 12.6. The van der Waals surface area contributed by atoms with E-state index in [1.165, 1.54) is 5.01 Å². The summed E-state index contributed by atoms with van der Waals surface area (Å²) in [4.78, 5) is 24.6. The maximum absolute atomic E-state index is 12.4. The van der Waals surface area contributed by atoms with Crippen LogP contribution in [0.4, 0.5) is 0 Å². The van der Waals surface area contributed by atoms with Crippen molar-refractivity contribution in [1.82, 2.24) is 15.8 Å². The Morgan fingerprint density at radius 1 is 1.17 bits per heavy atom. The zero-order valence-corrected chi connectivity index (χ0v) is 17.0. The molecule has 0 aliphatic carbocycles. The first-order chi connectivity index (χ1) is 14.0. The molecule has 152 valence electrons. The van der Waals surface area contributed by atoms with Gasteiger partial charge in [0, 0.05) is 29.6 Å². The van der Waals surface area contributed by atoms with Gasteiger partial charge in [-0.05, 0) is 35.9 Å². The molecule has 0 aromatic heterocycles. The van der Waals surface area contributed by atoms with Gasteiger partial charge in [0.25, 0.3) is 0 Å². The molecule has 0 atom stereocenters. The van der Waals surface area contributed by atoms with Crippen LogP contribution >= 0.6 is 11.6 Å². The lowest BCUT2D eigenvalue weighted by molar-refractivity contribution is -0.137. The predicted molar refractivity (Wildman–Crippen MR) is 110 cm³/mol. The average Bonchev–Trinajstić information content (AvgIpc) is 2.74. The Hall–Kier alpha value is -3.19. The number of nitrogens with zero attached hydrogens (tertiary/aromatic N) is 1. The van der Waals surface area contributed by atoms with Gasteiger partial charge in [0.2, 0.25) is 11.8 Å². The number of nitrogens with one attached hydrogen (secondary N) is 2. The monoisotopic (exact) mass is 415 g/mol. The second kappa shape index (κ2) is 9.34. The number of halogens is 1. The first-order valence-corrected chi connectivity index (χ1v) is 9.38. The highest BCUT2D eigenvalue weighted by Crippen LogP contribution is 2.24. The number of amides is 2. The molecule has 0 radical (unpaired) electrons. The third kappa shape index (κ3) is 5.20. The number of hydrazine groups is 1. The molecule has 2 N–H and O–H groups in total. The minimum Gasteiger partial charge on any atom is -0.497 e. The second-order valence-corrected chi connectivity index (χ2v) is 6.81. The van der Waals surface area contributed by atoms with E-state index in [0.717, 1.165) is 16.8 Å². The first-order valence-electron chi connectivity index (χ1n) is 9.01. The molecule has 1 aliphatic heterocycles. The van der Waals surface area contributed by atoms with Crippen LogP contribution < -0.4 is 20.2 Å². The largest absolute Gasteiger partial charge is 0.497 e. The molecule has 3 rings (SSSR count). The fraction of sp³-hybridized carbons (Fsp3) is 0.238. The normalized spacial score (nSPS) is 13.4. The Balaban J connectivity index is 1.59. The average molecular weight is 416 g/mol. The lowest BCUT2D eigenvalue weighted by atomic mass is 10.1. The molecule has 0 saturated carbocycles. The van der Waals surface area contributed by atoms with E-state index in [4.69, 9.17) is 21.1 Å². The number of benzene rings is 2. The smallest absolute Gasteiger partial charge is 0.245 e. The van der Waals surface area contributed by atoms with Crippen molar-refractivity contribution in [2.24, 2.45) is 0 Å². The van der Waals surface area contributed by atoms with Gasteiger partial charge in [-0.1, -0.05) is 23.7 Å². The number of hydrogen-bond acceptors (Lipinski definition) is 5. The molecule has 2 aromatic carbocycles. The molecule has 2 amide bonds. The zero-order valence-electron chi connectivity index (χ0n) is 16.2. The highest BCUT2D eigenvalue weighted by molar-refractivity contribution is 6.30. The van der Waals surface area contributed by atoms with Crippen molar-refractivity contribution in [3.05, 3.63) is 64.7 Å². The summed E-state index contributed by atoms with van der Waals surface area (Å²) in [6.07, 6.45) is 2.01. The van der Waals surface area contributed by atoms with E-state index in [1.54, 1.807) is 44.6 Å². The molecule has 7 nitrogen and oxygen atoms in total. The van der Waals surface area contributed by atoms with Crippen LogP contribution in [-0.4, -0.2) is 37.6 Å². The maximum Gasteiger partial charge on any atom is 0.245 e. The lowest BCUT2D eigenvalue weighted by Gasteiger charge is -2.29. The standard InChI is InChI=1S/C21H22ClN3O4/c1-28-17-8-5-15(19(11-17)29-2)12-23-20(26)13-25-21(27)10-9-18(24-25)14-3-6-16(22)7-4-14/h3-9,11,24H,10,12-13H2,1-2H3,(H,23,26). The van der Waals surface area contributed by atoms with Crippen molar-refractivity contribution < 1.29 is 19.1 Å². The number of rotatable bonds is 7. The Morgan fingerprint density at radius 2 is 1.93 bits per heavy atom. The van der Waals surface area contributed by atoms with Crippen LogP contribution in [0.5, 0.6) is 11.5 Å². The van der Waals surface area contributed by atoms with Crippen molar-refractivity contribution in [3.8, 4) is 11.5 Å². The van der Waals surface area contributed by atoms with Crippen LogP contribution in [0.25, 0.3) is 5.70 Å². The van der Waals surface area contributed by atoms with Crippen LogP contribution in [0.15, 0.2) is 48.5 Å². The lowest BCUT2D eigenvalue weighted by Crippen LogP contribution is -2.49.